The molecule has 0 spiro atoms. The topological polar surface area (TPSA) is 38.9 Å². The van der Waals surface area contributed by atoms with Crippen LogP contribution < -0.4 is 5.73 Å². The van der Waals surface area contributed by atoms with Crippen molar-refractivity contribution in [2.45, 2.75) is 12.8 Å². The lowest BCUT2D eigenvalue weighted by atomic mass is 9.96. The van der Waals surface area contributed by atoms with Gasteiger partial charge in [-0.25, -0.2) is 0 Å². The number of nitrogens with two attached hydrogens (primary N) is 1. The van der Waals surface area contributed by atoms with Gasteiger partial charge in [0.25, 0.3) is 0 Å². The molecule has 0 saturated carbocycles. The number of allylic oxidation sites excluding steroid dienone is 1. The van der Waals surface area contributed by atoms with Crippen LogP contribution in [0.2, 0.25) is 0 Å². The first-order valence-electron chi connectivity index (χ1n) is 5.32. The van der Waals surface area contributed by atoms with Crippen LogP contribution in [-0.2, 0) is 6.42 Å². The summed E-state index contributed by atoms with van der Waals surface area (Å²) in [7, 11) is 0. The van der Waals surface area contributed by atoms with Gasteiger partial charge in [0.2, 0.25) is 0 Å². The third-order valence-corrected chi connectivity index (χ3v) is 3.84. The minimum atomic E-state index is 0.780. The Morgan fingerprint density at radius 1 is 1.25 bits per heavy atom. The Kier molecular flexibility index (Phi) is 2.26. The van der Waals surface area contributed by atoms with Crippen molar-refractivity contribution in [3.05, 3.63) is 45.9 Å². The van der Waals surface area contributed by atoms with Gasteiger partial charge in [-0.2, -0.15) is 0 Å². The number of thiophene rings is 1. The molecule has 3 rings (SSSR count). The molecule has 0 unspecified atom stereocenters. The molecule has 1 aliphatic rings. The van der Waals surface area contributed by atoms with Crippen molar-refractivity contribution in [2.24, 2.45) is 0 Å². The van der Waals surface area contributed by atoms with Crippen LogP contribution in [0.25, 0.3) is 11.6 Å². The van der Waals surface area contributed by atoms with Crippen LogP contribution in [0.3, 0.4) is 0 Å². The summed E-state index contributed by atoms with van der Waals surface area (Å²) in [6.07, 6.45) is 6.19. The molecule has 1 aliphatic carbocycles. The normalized spacial score (nSPS) is 14.4. The van der Waals surface area contributed by atoms with E-state index in [9.17, 15) is 0 Å². The summed E-state index contributed by atoms with van der Waals surface area (Å²) in [5.74, 6) is 0. The fraction of sp³-hybridized carbons (Fsp3) is 0.154. The van der Waals surface area contributed by atoms with Gasteiger partial charge >= 0.3 is 0 Å². The monoisotopic (exact) mass is 228 g/mol. The molecule has 16 heavy (non-hydrogen) atoms. The lowest BCUT2D eigenvalue weighted by Gasteiger charge is -2.12. The second-order valence-electron chi connectivity index (χ2n) is 3.94. The number of hydrogen-bond donors (Lipinski definition) is 1. The molecule has 0 atom stereocenters. The fourth-order valence-electron chi connectivity index (χ4n) is 2.01. The highest BCUT2D eigenvalue weighted by atomic mass is 32.1. The second kappa shape index (κ2) is 3.76. The van der Waals surface area contributed by atoms with E-state index in [1.807, 2.05) is 23.5 Å². The molecule has 0 bridgehead atoms. The lowest BCUT2D eigenvalue weighted by Crippen LogP contribution is -1.98. The number of aromatic nitrogens is 1. The van der Waals surface area contributed by atoms with E-state index >= 15 is 0 Å². The number of nitrogens with zero attached hydrogens (tertiary/aromatic N) is 1. The van der Waals surface area contributed by atoms with Crippen LogP contribution in [0.4, 0.5) is 5.69 Å². The number of fused-ring (bicyclic) bond motifs is 1. The fourth-order valence-corrected chi connectivity index (χ4v) is 2.88. The van der Waals surface area contributed by atoms with E-state index in [1.165, 1.54) is 16.0 Å². The van der Waals surface area contributed by atoms with E-state index in [2.05, 4.69) is 22.5 Å². The van der Waals surface area contributed by atoms with Crippen molar-refractivity contribution in [1.29, 1.82) is 0 Å². The van der Waals surface area contributed by atoms with Gasteiger partial charge in [0, 0.05) is 16.8 Å². The van der Waals surface area contributed by atoms with Crippen LogP contribution in [0.1, 0.15) is 22.6 Å². The Bertz CT molecular complexity index is 555. The van der Waals surface area contributed by atoms with Crippen molar-refractivity contribution >= 4 is 28.7 Å². The second-order valence-corrected chi connectivity index (χ2v) is 4.94. The predicted molar refractivity (Wildman–Crippen MR) is 69.2 cm³/mol. The third kappa shape index (κ3) is 1.63. The minimum absolute atomic E-state index is 0.780. The highest BCUT2D eigenvalue weighted by Gasteiger charge is 2.13. The summed E-state index contributed by atoms with van der Waals surface area (Å²) < 4.78 is 0. The molecule has 0 radical (unpaired) electrons. The van der Waals surface area contributed by atoms with Crippen molar-refractivity contribution in [3.8, 4) is 0 Å². The van der Waals surface area contributed by atoms with Crippen LogP contribution >= 0.6 is 11.3 Å². The molecule has 0 fully saturated rings. The van der Waals surface area contributed by atoms with E-state index in [0.717, 1.165) is 24.2 Å². The first-order valence-corrected chi connectivity index (χ1v) is 6.20. The van der Waals surface area contributed by atoms with Crippen molar-refractivity contribution in [2.75, 3.05) is 5.73 Å². The number of anilines is 1. The van der Waals surface area contributed by atoms with Crippen LogP contribution in [-0.4, -0.2) is 4.98 Å². The number of hydrogen-bond acceptors (Lipinski definition) is 3. The van der Waals surface area contributed by atoms with Gasteiger partial charge in [-0.15, -0.1) is 11.3 Å². The summed E-state index contributed by atoms with van der Waals surface area (Å²) >= 11 is 1.84. The van der Waals surface area contributed by atoms with Gasteiger partial charge in [-0.05, 0) is 53.6 Å². The Morgan fingerprint density at radius 3 is 3.06 bits per heavy atom. The molecule has 2 N–H and O–H groups in total. The summed E-state index contributed by atoms with van der Waals surface area (Å²) in [6, 6.07) is 5.94. The first-order chi connectivity index (χ1) is 7.83. The molecule has 2 heterocycles. The van der Waals surface area contributed by atoms with Gasteiger partial charge in [-0.1, -0.05) is 0 Å². The van der Waals surface area contributed by atoms with Gasteiger partial charge in [0.05, 0.1) is 5.69 Å². The van der Waals surface area contributed by atoms with E-state index in [1.54, 1.807) is 6.20 Å². The van der Waals surface area contributed by atoms with E-state index in [0.29, 0.717) is 0 Å². The maximum Gasteiger partial charge on any atom is 0.0682 e. The predicted octanol–water partition coefficient (Wildman–Crippen LogP) is 3.21. The summed E-state index contributed by atoms with van der Waals surface area (Å²) in [5.41, 5.74) is 10.2. The van der Waals surface area contributed by atoms with Crippen LogP contribution in [0.15, 0.2) is 29.8 Å². The van der Waals surface area contributed by atoms with Crippen LogP contribution in [0, 0.1) is 0 Å². The van der Waals surface area contributed by atoms with Crippen molar-refractivity contribution in [3.63, 3.8) is 0 Å². The zero-order chi connectivity index (χ0) is 11.0. The average Bonchev–Trinajstić information content (AvgIpc) is 2.75. The van der Waals surface area contributed by atoms with Crippen LogP contribution in [0.5, 0.6) is 0 Å². The standard InChI is InChI=1S/C13H12N2S/c14-11-3-5-15-12(8-11)9-1-2-13-10(7-9)4-6-16-13/h3-8H,1-2H2,(H2,14,15). The molecule has 0 aliphatic heterocycles. The highest BCUT2D eigenvalue weighted by Crippen LogP contribution is 2.32. The average molecular weight is 228 g/mol. The summed E-state index contributed by atoms with van der Waals surface area (Å²) in [5, 5.41) is 2.15. The molecule has 0 saturated heterocycles. The molecule has 0 aromatic carbocycles. The summed E-state index contributed by atoms with van der Waals surface area (Å²) in [4.78, 5) is 5.85. The van der Waals surface area contributed by atoms with E-state index in [-0.39, 0.29) is 0 Å². The maximum atomic E-state index is 5.77. The molecule has 3 heteroatoms. The SMILES string of the molecule is Nc1ccnc(C2=Cc3ccsc3CC2)c1. The summed E-state index contributed by atoms with van der Waals surface area (Å²) in [6.45, 7) is 0. The van der Waals surface area contributed by atoms with Gasteiger partial charge in [-0.3, -0.25) is 4.98 Å². The molecule has 2 nitrogen and oxygen atoms in total. The van der Waals surface area contributed by atoms with Gasteiger partial charge in [0.1, 0.15) is 0 Å². The number of aryl methyl sites for hydroxylation is 1. The quantitative estimate of drug-likeness (QED) is 0.814. The molecule has 2 aromatic heterocycles. The van der Waals surface area contributed by atoms with Gasteiger partial charge < -0.3 is 5.73 Å². The largest absolute Gasteiger partial charge is 0.399 e. The van der Waals surface area contributed by atoms with Crippen molar-refractivity contribution in [1.82, 2.24) is 4.98 Å². The van der Waals surface area contributed by atoms with E-state index < -0.39 is 0 Å². The number of pyridine rings is 1. The zero-order valence-corrected chi connectivity index (χ0v) is 9.63. The van der Waals surface area contributed by atoms with E-state index in [4.69, 9.17) is 5.73 Å². The number of rotatable bonds is 1. The van der Waals surface area contributed by atoms with Gasteiger partial charge in [0.15, 0.2) is 0 Å². The molecule has 0 amide bonds. The molecular weight excluding hydrogens is 216 g/mol. The molecule has 80 valence electrons. The first kappa shape index (κ1) is 9.60. The van der Waals surface area contributed by atoms with Crippen molar-refractivity contribution < 1.29 is 0 Å². The Labute approximate surface area is 98.5 Å². The third-order valence-electron chi connectivity index (χ3n) is 2.84. The number of nitrogen functional groups attached to an aromatic ring is 1. The zero-order valence-electron chi connectivity index (χ0n) is 8.81. The lowest BCUT2D eigenvalue weighted by molar-refractivity contribution is 1.02. The Morgan fingerprint density at radius 2 is 2.19 bits per heavy atom. The highest BCUT2D eigenvalue weighted by molar-refractivity contribution is 7.10. The molecule has 2 aromatic rings. The molecular formula is C13H12N2S. The smallest absolute Gasteiger partial charge is 0.0682 e. The minimum Gasteiger partial charge on any atom is -0.399 e. The maximum absolute atomic E-state index is 5.77. The Hall–Kier alpha value is -1.61. The Balaban J connectivity index is 2.04.